The Kier molecular flexibility index (Phi) is 5.29. The number of rotatable bonds is 4. The second-order valence-corrected chi connectivity index (χ2v) is 6.41. The summed E-state index contributed by atoms with van der Waals surface area (Å²) >= 11 is 0. The molecule has 1 aliphatic heterocycles. The van der Waals surface area contributed by atoms with Gasteiger partial charge in [-0.3, -0.25) is 0 Å². The molecule has 1 saturated heterocycles. The number of halogens is 1. The van der Waals surface area contributed by atoms with Gasteiger partial charge in [0.25, 0.3) is 0 Å². The molecule has 3 aromatic rings. The Morgan fingerprint density at radius 3 is 3.00 bits per heavy atom. The second kappa shape index (κ2) is 8.18. The number of aromatic nitrogens is 2. The van der Waals surface area contributed by atoms with E-state index in [0.717, 1.165) is 23.4 Å². The minimum absolute atomic E-state index is 0.120. The van der Waals surface area contributed by atoms with Gasteiger partial charge in [-0.2, -0.15) is 10.1 Å². The third-order valence-electron chi connectivity index (χ3n) is 4.55. The molecule has 0 amide bonds. The van der Waals surface area contributed by atoms with Crippen LogP contribution in [0.5, 0.6) is 5.75 Å². The van der Waals surface area contributed by atoms with E-state index >= 15 is 0 Å². The minimum atomic E-state index is -0.483. The lowest BCUT2D eigenvalue weighted by Gasteiger charge is -2.21. The highest BCUT2D eigenvalue weighted by molar-refractivity contribution is 6.02. The molecule has 2 heterocycles. The first kappa shape index (κ1) is 18.1. The predicted molar refractivity (Wildman–Crippen MR) is 106 cm³/mol. The van der Waals surface area contributed by atoms with Crippen molar-refractivity contribution in [2.45, 2.75) is 6.42 Å². The fraction of sp³-hybridized carbons (Fsp3) is 0.250. The smallest absolute Gasteiger partial charge is 0.245 e. The van der Waals surface area contributed by atoms with Crippen LogP contribution < -0.4 is 10.3 Å². The summed E-state index contributed by atoms with van der Waals surface area (Å²) in [7, 11) is 0. The summed E-state index contributed by atoms with van der Waals surface area (Å²) in [5, 5.41) is 16.2. The SMILES string of the molecule is Oc1ccc2ccccc2c1/C=N/Nc1ncc(F)c(N2CCCOCC2)n1. The lowest BCUT2D eigenvalue weighted by Crippen LogP contribution is -2.28. The van der Waals surface area contributed by atoms with Gasteiger partial charge in [-0.15, -0.1) is 0 Å². The Balaban J connectivity index is 1.55. The molecule has 2 N–H and O–H groups in total. The summed E-state index contributed by atoms with van der Waals surface area (Å²) in [6, 6.07) is 11.2. The van der Waals surface area contributed by atoms with Crippen LogP contribution in [0.3, 0.4) is 0 Å². The average Bonchev–Trinajstić information content (AvgIpc) is 3.00. The van der Waals surface area contributed by atoms with Crippen molar-refractivity contribution in [3.63, 3.8) is 0 Å². The van der Waals surface area contributed by atoms with E-state index in [1.807, 2.05) is 35.2 Å². The Hall–Kier alpha value is -3.26. The zero-order valence-corrected chi connectivity index (χ0v) is 15.2. The maximum Gasteiger partial charge on any atom is 0.245 e. The van der Waals surface area contributed by atoms with Crippen molar-refractivity contribution in [2.24, 2.45) is 5.10 Å². The molecule has 2 aromatic carbocycles. The fourth-order valence-corrected chi connectivity index (χ4v) is 3.17. The predicted octanol–water partition coefficient (Wildman–Crippen LogP) is 3.15. The molecule has 0 spiro atoms. The number of hydrogen-bond donors (Lipinski definition) is 2. The third kappa shape index (κ3) is 3.86. The van der Waals surface area contributed by atoms with Gasteiger partial charge in [0, 0.05) is 25.3 Å². The first-order chi connectivity index (χ1) is 13.7. The molecular weight excluding hydrogens is 361 g/mol. The van der Waals surface area contributed by atoms with Gasteiger partial charge in [0.15, 0.2) is 11.6 Å². The average molecular weight is 381 g/mol. The van der Waals surface area contributed by atoms with Crippen molar-refractivity contribution in [1.29, 1.82) is 0 Å². The number of nitrogens with zero attached hydrogens (tertiary/aromatic N) is 4. The molecule has 1 aliphatic rings. The fourth-order valence-electron chi connectivity index (χ4n) is 3.17. The summed E-state index contributed by atoms with van der Waals surface area (Å²) < 4.78 is 19.6. The van der Waals surface area contributed by atoms with E-state index in [9.17, 15) is 9.50 Å². The van der Waals surface area contributed by atoms with Crippen LogP contribution in [0.4, 0.5) is 16.2 Å². The molecular formula is C20H20FN5O2. The number of fused-ring (bicyclic) bond motifs is 1. The van der Waals surface area contributed by atoms with Crippen LogP contribution in [-0.4, -0.2) is 47.6 Å². The minimum Gasteiger partial charge on any atom is -0.507 e. The molecule has 0 aliphatic carbocycles. The highest BCUT2D eigenvalue weighted by Gasteiger charge is 2.17. The first-order valence-electron chi connectivity index (χ1n) is 9.07. The summed E-state index contributed by atoms with van der Waals surface area (Å²) in [6.45, 7) is 2.43. The lowest BCUT2D eigenvalue weighted by atomic mass is 10.0. The molecule has 1 aromatic heterocycles. The van der Waals surface area contributed by atoms with E-state index < -0.39 is 5.82 Å². The number of benzene rings is 2. The Morgan fingerprint density at radius 1 is 1.18 bits per heavy atom. The summed E-state index contributed by atoms with van der Waals surface area (Å²) in [5.41, 5.74) is 3.30. The quantitative estimate of drug-likeness (QED) is 0.534. The summed E-state index contributed by atoms with van der Waals surface area (Å²) in [5.74, 6) is 0.0430. The third-order valence-corrected chi connectivity index (χ3v) is 4.55. The van der Waals surface area contributed by atoms with Crippen molar-refractivity contribution >= 4 is 28.8 Å². The molecule has 0 bridgehead atoms. The monoisotopic (exact) mass is 381 g/mol. The molecule has 7 nitrogen and oxygen atoms in total. The van der Waals surface area contributed by atoms with E-state index in [2.05, 4.69) is 20.5 Å². The highest BCUT2D eigenvalue weighted by Crippen LogP contribution is 2.25. The first-order valence-corrected chi connectivity index (χ1v) is 9.07. The Labute approximate surface area is 161 Å². The number of phenolic OH excluding ortho intramolecular Hbond substituents is 1. The van der Waals surface area contributed by atoms with Gasteiger partial charge in [-0.1, -0.05) is 30.3 Å². The number of phenols is 1. The number of aromatic hydroxyl groups is 1. The summed E-state index contributed by atoms with van der Waals surface area (Å²) in [4.78, 5) is 10.0. The van der Waals surface area contributed by atoms with Crippen LogP contribution >= 0.6 is 0 Å². The van der Waals surface area contributed by atoms with E-state index in [1.165, 1.54) is 6.21 Å². The Bertz CT molecular complexity index is 1000. The van der Waals surface area contributed by atoms with Crippen LogP contribution in [0.15, 0.2) is 47.7 Å². The van der Waals surface area contributed by atoms with Crippen molar-refractivity contribution in [3.05, 3.63) is 54.0 Å². The van der Waals surface area contributed by atoms with E-state index in [1.54, 1.807) is 6.07 Å². The molecule has 28 heavy (non-hydrogen) atoms. The van der Waals surface area contributed by atoms with Crippen LogP contribution in [0.25, 0.3) is 10.8 Å². The molecule has 144 valence electrons. The van der Waals surface area contributed by atoms with Crippen molar-refractivity contribution in [2.75, 3.05) is 36.6 Å². The second-order valence-electron chi connectivity index (χ2n) is 6.41. The van der Waals surface area contributed by atoms with Crippen LogP contribution in [0.1, 0.15) is 12.0 Å². The highest BCUT2D eigenvalue weighted by atomic mass is 19.1. The number of hydrazone groups is 1. The van der Waals surface area contributed by atoms with Crippen LogP contribution in [0.2, 0.25) is 0 Å². The lowest BCUT2D eigenvalue weighted by molar-refractivity contribution is 0.152. The normalized spacial score (nSPS) is 15.1. The van der Waals surface area contributed by atoms with Gasteiger partial charge in [0.1, 0.15) is 5.75 Å². The molecule has 0 atom stereocenters. The summed E-state index contributed by atoms with van der Waals surface area (Å²) in [6.07, 6.45) is 3.44. The zero-order chi connectivity index (χ0) is 19.3. The van der Waals surface area contributed by atoms with Crippen LogP contribution in [-0.2, 0) is 4.74 Å². The van der Waals surface area contributed by atoms with Crippen molar-refractivity contribution in [3.8, 4) is 5.75 Å². The molecule has 4 rings (SSSR count). The van der Waals surface area contributed by atoms with Gasteiger partial charge in [0.05, 0.1) is 19.0 Å². The van der Waals surface area contributed by atoms with E-state index in [-0.39, 0.29) is 17.5 Å². The van der Waals surface area contributed by atoms with E-state index in [0.29, 0.717) is 31.9 Å². The van der Waals surface area contributed by atoms with Crippen molar-refractivity contribution < 1.29 is 14.2 Å². The van der Waals surface area contributed by atoms with Gasteiger partial charge in [0.2, 0.25) is 5.95 Å². The van der Waals surface area contributed by atoms with Crippen molar-refractivity contribution in [1.82, 2.24) is 9.97 Å². The van der Waals surface area contributed by atoms with Gasteiger partial charge in [-0.25, -0.2) is 14.8 Å². The van der Waals surface area contributed by atoms with Gasteiger partial charge < -0.3 is 14.7 Å². The topological polar surface area (TPSA) is 82.9 Å². The largest absolute Gasteiger partial charge is 0.507 e. The zero-order valence-electron chi connectivity index (χ0n) is 15.2. The van der Waals surface area contributed by atoms with Crippen LogP contribution in [0, 0.1) is 5.82 Å². The molecule has 0 saturated carbocycles. The van der Waals surface area contributed by atoms with Gasteiger partial charge >= 0.3 is 0 Å². The number of nitrogens with one attached hydrogen (secondary N) is 1. The number of anilines is 2. The Morgan fingerprint density at radius 2 is 2.07 bits per heavy atom. The standard InChI is InChI=1S/C20H20FN5O2/c21-17-13-22-20(24-19(17)26-8-3-10-28-11-9-26)25-23-12-16-15-5-2-1-4-14(15)6-7-18(16)27/h1-2,4-7,12-13,27H,3,8-11H2,(H,22,24,25)/b23-12+. The van der Waals surface area contributed by atoms with Gasteiger partial charge in [-0.05, 0) is 23.3 Å². The molecule has 1 fully saturated rings. The molecule has 8 heteroatoms. The number of hydrogen-bond acceptors (Lipinski definition) is 7. The maximum atomic E-state index is 14.2. The number of ether oxygens (including phenoxy) is 1. The molecule has 0 unspecified atom stereocenters. The van der Waals surface area contributed by atoms with E-state index in [4.69, 9.17) is 4.74 Å². The molecule has 0 radical (unpaired) electrons. The maximum absolute atomic E-state index is 14.2.